The molecule has 0 radical (unpaired) electrons. The summed E-state index contributed by atoms with van der Waals surface area (Å²) >= 11 is 0. The van der Waals surface area contributed by atoms with E-state index in [9.17, 15) is 9.59 Å². The molecule has 0 aromatic heterocycles. The predicted octanol–water partition coefficient (Wildman–Crippen LogP) is 3.41. The van der Waals surface area contributed by atoms with E-state index in [2.05, 4.69) is 33.9 Å². The highest BCUT2D eigenvalue weighted by Crippen LogP contribution is 2.52. The second-order valence-electron chi connectivity index (χ2n) is 10.0. The number of hydrogen-bond acceptors (Lipinski definition) is 5. The standard InChI is InChI=1S/C22H27NO5Si/c1-21(2,3)29(4,5)28-13-6-7-22-15-10-17-16(26-12-27-17)9-14(15)20(25)23(11-19(22)24)18(22)8-13/h6-7,9-10,13,18H,8,11-12H2,1-5H3/t13-,18-,22-/m0/s1. The number of hydrogen-bond donors (Lipinski definition) is 0. The first-order chi connectivity index (χ1) is 13.5. The van der Waals surface area contributed by atoms with Gasteiger partial charge in [-0.1, -0.05) is 32.9 Å². The topological polar surface area (TPSA) is 65.1 Å². The fraction of sp³-hybridized carbons (Fsp3) is 0.545. The molecule has 0 saturated carbocycles. The summed E-state index contributed by atoms with van der Waals surface area (Å²) < 4.78 is 17.6. The summed E-state index contributed by atoms with van der Waals surface area (Å²) in [6, 6.07) is 3.35. The number of rotatable bonds is 2. The number of nitrogens with zero attached hydrogens (tertiary/aromatic N) is 1. The first-order valence-corrected chi connectivity index (χ1v) is 13.1. The summed E-state index contributed by atoms with van der Waals surface area (Å²) in [6.07, 6.45) is 4.58. The maximum Gasteiger partial charge on any atom is 0.255 e. The Morgan fingerprint density at radius 3 is 2.55 bits per heavy atom. The van der Waals surface area contributed by atoms with Crippen LogP contribution < -0.4 is 9.47 Å². The van der Waals surface area contributed by atoms with Gasteiger partial charge in [-0.25, -0.2) is 0 Å². The van der Waals surface area contributed by atoms with Gasteiger partial charge in [-0.3, -0.25) is 9.59 Å². The predicted molar refractivity (Wildman–Crippen MR) is 110 cm³/mol. The summed E-state index contributed by atoms with van der Waals surface area (Å²) in [5.41, 5.74) is 0.486. The van der Waals surface area contributed by atoms with E-state index in [-0.39, 0.29) is 42.2 Å². The molecule has 1 aromatic carbocycles. The molecule has 5 rings (SSSR count). The average Bonchev–Trinajstić information content (AvgIpc) is 3.19. The molecule has 0 spiro atoms. The highest BCUT2D eigenvalue weighted by molar-refractivity contribution is 6.74. The highest BCUT2D eigenvalue weighted by Gasteiger charge is 2.61. The smallest absolute Gasteiger partial charge is 0.255 e. The molecule has 1 fully saturated rings. The number of amides is 1. The minimum Gasteiger partial charge on any atom is -0.454 e. The van der Waals surface area contributed by atoms with Gasteiger partial charge >= 0.3 is 0 Å². The van der Waals surface area contributed by atoms with Gasteiger partial charge < -0.3 is 18.8 Å². The zero-order chi connectivity index (χ0) is 20.8. The van der Waals surface area contributed by atoms with E-state index in [1.165, 1.54) is 0 Å². The van der Waals surface area contributed by atoms with E-state index in [0.717, 1.165) is 5.56 Å². The van der Waals surface area contributed by atoms with Gasteiger partial charge in [-0.15, -0.1) is 0 Å². The van der Waals surface area contributed by atoms with Crippen LogP contribution in [0.4, 0.5) is 0 Å². The van der Waals surface area contributed by atoms with Crippen LogP contribution in [0.25, 0.3) is 0 Å². The Bertz CT molecular complexity index is 963. The fourth-order valence-corrected chi connectivity index (χ4v) is 6.08. The minimum absolute atomic E-state index is 0.0653. The Labute approximate surface area is 171 Å². The minimum atomic E-state index is -1.97. The molecule has 2 bridgehead atoms. The Morgan fingerprint density at radius 2 is 1.86 bits per heavy atom. The van der Waals surface area contributed by atoms with Gasteiger partial charge in [-0.05, 0) is 42.2 Å². The first-order valence-electron chi connectivity index (χ1n) is 10.2. The quantitative estimate of drug-likeness (QED) is 0.549. The molecule has 3 heterocycles. The molecule has 0 unspecified atom stereocenters. The van der Waals surface area contributed by atoms with Crippen molar-refractivity contribution in [1.29, 1.82) is 0 Å². The third-order valence-corrected chi connectivity index (χ3v) is 11.9. The van der Waals surface area contributed by atoms with Crippen molar-refractivity contribution in [3.05, 3.63) is 35.4 Å². The van der Waals surface area contributed by atoms with Crippen LogP contribution in [0.5, 0.6) is 11.5 Å². The average molecular weight is 414 g/mol. The number of Topliss-reactive ketones (excluding diaryl/α,β-unsaturated/α-hetero) is 1. The number of ketones is 1. The van der Waals surface area contributed by atoms with Gasteiger partial charge in [-0.2, -0.15) is 0 Å². The molecule has 1 aliphatic carbocycles. The van der Waals surface area contributed by atoms with E-state index in [1.807, 2.05) is 18.2 Å². The number of benzene rings is 1. The molecule has 3 aliphatic heterocycles. The second-order valence-corrected chi connectivity index (χ2v) is 14.8. The van der Waals surface area contributed by atoms with Crippen LogP contribution in [0.1, 0.15) is 43.1 Å². The zero-order valence-corrected chi connectivity index (χ0v) is 18.6. The maximum absolute atomic E-state index is 13.2. The fourth-order valence-electron chi connectivity index (χ4n) is 4.79. The molecule has 7 heteroatoms. The Kier molecular flexibility index (Phi) is 3.73. The van der Waals surface area contributed by atoms with Gasteiger partial charge in [0.1, 0.15) is 0 Å². The van der Waals surface area contributed by atoms with Crippen molar-refractivity contribution in [1.82, 2.24) is 4.90 Å². The van der Waals surface area contributed by atoms with Crippen LogP contribution in [0.15, 0.2) is 24.3 Å². The van der Waals surface area contributed by atoms with Crippen molar-refractivity contribution in [2.24, 2.45) is 0 Å². The van der Waals surface area contributed by atoms with Crippen LogP contribution in [-0.2, 0) is 14.6 Å². The Morgan fingerprint density at radius 1 is 1.17 bits per heavy atom. The van der Waals surface area contributed by atoms with Gasteiger partial charge in [0.05, 0.1) is 24.1 Å². The third-order valence-electron chi connectivity index (χ3n) is 7.41. The van der Waals surface area contributed by atoms with Crippen molar-refractivity contribution in [2.45, 2.75) is 62.9 Å². The maximum atomic E-state index is 13.2. The number of carbonyl (C=O) groups excluding carboxylic acids is 2. The molecule has 3 atom stereocenters. The molecule has 154 valence electrons. The molecular weight excluding hydrogens is 386 g/mol. The van der Waals surface area contributed by atoms with Crippen molar-refractivity contribution >= 4 is 20.0 Å². The van der Waals surface area contributed by atoms with Crippen LogP contribution in [-0.4, -0.2) is 50.4 Å². The normalized spacial score (nSPS) is 29.9. The largest absolute Gasteiger partial charge is 0.454 e. The molecule has 0 N–H and O–H groups in total. The lowest BCUT2D eigenvalue weighted by Gasteiger charge is -2.46. The summed E-state index contributed by atoms with van der Waals surface area (Å²) in [6.45, 7) is 11.4. The van der Waals surface area contributed by atoms with Crippen LogP contribution >= 0.6 is 0 Å². The second kappa shape index (κ2) is 5.73. The Balaban J connectivity index is 1.58. The van der Waals surface area contributed by atoms with E-state index in [1.54, 1.807) is 11.0 Å². The molecule has 1 aromatic rings. The molecule has 29 heavy (non-hydrogen) atoms. The van der Waals surface area contributed by atoms with Crippen LogP contribution in [0.3, 0.4) is 0 Å². The van der Waals surface area contributed by atoms with Gasteiger partial charge in [0.15, 0.2) is 25.6 Å². The van der Waals surface area contributed by atoms with E-state index in [0.29, 0.717) is 23.5 Å². The monoisotopic (exact) mass is 413 g/mol. The number of fused-ring (bicyclic) bond motifs is 2. The lowest BCUT2D eigenvalue weighted by atomic mass is 9.66. The summed E-state index contributed by atoms with van der Waals surface area (Å²) in [5, 5.41) is 0.0952. The molecular formula is C22H27NO5Si. The summed E-state index contributed by atoms with van der Waals surface area (Å²) in [7, 11) is -1.97. The number of carbonyl (C=O) groups is 2. The number of ether oxygens (including phenoxy) is 2. The molecule has 4 aliphatic rings. The van der Waals surface area contributed by atoms with Crippen LogP contribution in [0.2, 0.25) is 18.1 Å². The van der Waals surface area contributed by atoms with Crippen LogP contribution in [0, 0.1) is 0 Å². The van der Waals surface area contributed by atoms with Crippen molar-refractivity contribution in [3.8, 4) is 11.5 Å². The summed E-state index contributed by atoms with van der Waals surface area (Å²) in [5.74, 6) is 1.13. The van der Waals surface area contributed by atoms with Crippen molar-refractivity contribution in [2.75, 3.05) is 13.3 Å². The molecule has 6 nitrogen and oxygen atoms in total. The molecule has 1 saturated heterocycles. The van der Waals surface area contributed by atoms with Gasteiger partial charge in [0, 0.05) is 5.56 Å². The van der Waals surface area contributed by atoms with E-state index < -0.39 is 13.7 Å². The lowest BCUT2D eigenvalue weighted by Crippen LogP contribution is -2.55. The van der Waals surface area contributed by atoms with E-state index >= 15 is 0 Å². The molecule has 1 amide bonds. The first kappa shape index (κ1) is 18.9. The SMILES string of the molecule is CC(C)(C)[Si](C)(C)O[C@H]1C=C[C@]23C(=O)CN(C(=O)c4cc5c(cc42)OCO5)[C@H]3C1. The van der Waals surface area contributed by atoms with E-state index in [4.69, 9.17) is 13.9 Å². The van der Waals surface area contributed by atoms with Gasteiger partial charge in [0.2, 0.25) is 6.79 Å². The Hall–Kier alpha value is -2.12. The highest BCUT2D eigenvalue weighted by atomic mass is 28.4. The zero-order valence-electron chi connectivity index (χ0n) is 17.6. The van der Waals surface area contributed by atoms with Crippen molar-refractivity contribution in [3.63, 3.8) is 0 Å². The lowest BCUT2D eigenvalue weighted by molar-refractivity contribution is -0.120. The van der Waals surface area contributed by atoms with Gasteiger partial charge in [0.25, 0.3) is 5.91 Å². The third kappa shape index (κ3) is 2.43. The van der Waals surface area contributed by atoms with Crippen molar-refractivity contribution < 1.29 is 23.5 Å². The summed E-state index contributed by atoms with van der Waals surface area (Å²) in [4.78, 5) is 28.2.